The average molecular weight is 405 g/mol. The van der Waals surface area contributed by atoms with E-state index in [9.17, 15) is 4.79 Å². The van der Waals surface area contributed by atoms with Crippen LogP contribution in [0.4, 0.5) is 0 Å². The molecule has 0 radical (unpaired) electrons. The number of carbonyl (C=O) groups is 1. The summed E-state index contributed by atoms with van der Waals surface area (Å²) >= 11 is 0. The molecule has 1 atom stereocenters. The third-order valence-electron chi connectivity index (χ3n) is 5.49. The van der Waals surface area contributed by atoms with Gasteiger partial charge in [0.25, 0.3) is 0 Å². The van der Waals surface area contributed by atoms with Crippen molar-refractivity contribution in [2.45, 2.75) is 51.9 Å². The summed E-state index contributed by atoms with van der Waals surface area (Å²) in [6.07, 6.45) is 8.69. The van der Waals surface area contributed by atoms with E-state index in [1.165, 1.54) is 0 Å². The van der Waals surface area contributed by atoms with Gasteiger partial charge in [-0.2, -0.15) is 0 Å². The maximum Gasteiger partial charge on any atom is 0.163 e. The van der Waals surface area contributed by atoms with Gasteiger partial charge in [-0.1, -0.05) is 37.3 Å². The maximum atomic E-state index is 12.4. The molecular formula is C25H28N2O3. The number of nitrogens with zero attached hydrogens (tertiary/aromatic N) is 2. The molecule has 5 nitrogen and oxygen atoms in total. The summed E-state index contributed by atoms with van der Waals surface area (Å²) in [5, 5.41) is 0. The molecule has 0 aliphatic heterocycles. The molecule has 1 aliphatic rings. The predicted molar refractivity (Wildman–Crippen MR) is 116 cm³/mol. The van der Waals surface area contributed by atoms with Crippen molar-refractivity contribution in [3.63, 3.8) is 0 Å². The molecule has 5 heteroatoms. The fourth-order valence-corrected chi connectivity index (χ4v) is 3.98. The third kappa shape index (κ3) is 4.62. The number of Topliss-reactive ketones (excluding diaryl/α,β-unsaturated/α-hetero) is 1. The maximum absolute atomic E-state index is 12.4. The van der Waals surface area contributed by atoms with Crippen LogP contribution in [0.15, 0.2) is 61.2 Å². The highest BCUT2D eigenvalue weighted by Gasteiger charge is 2.24. The molecule has 0 saturated heterocycles. The van der Waals surface area contributed by atoms with Crippen molar-refractivity contribution in [2.24, 2.45) is 0 Å². The molecule has 0 unspecified atom stereocenters. The Labute approximate surface area is 177 Å². The quantitative estimate of drug-likeness (QED) is 0.463. The zero-order valence-electron chi connectivity index (χ0n) is 17.4. The second-order valence-corrected chi connectivity index (χ2v) is 7.67. The lowest BCUT2D eigenvalue weighted by molar-refractivity contribution is 0.0967. The summed E-state index contributed by atoms with van der Waals surface area (Å²) in [5.74, 6) is 1.02. The molecule has 0 saturated carbocycles. The van der Waals surface area contributed by atoms with Crippen LogP contribution in [0, 0.1) is 0 Å². The van der Waals surface area contributed by atoms with E-state index in [1.54, 1.807) is 12.5 Å². The number of ketones is 1. The fraction of sp³-hybridized carbons (Fsp3) is 0.360. The number of benzene rings is 2. The van der Waals surface area contributed by atoms with Crippen LogP contribution >= 0.6 is 0 Å². The van der Waals surface area contributed by atoms with Crippen LogP contribution in [0.25, 0.3) is 0 Å². The van der Waals surface area contributed by atoms with Crippen LogP contribution in [0.2, 0.25) is 0 Å². The average Bonchev–Trinajstić information content (AvgIpc) is 3.28. The van der Waals surface area contributed by atoms with E-state index in [4.69, 9.17) is 9.47 Å². The third-order valence-corrected chi connectivity index (χ3v) is 5.49. The topological polar surface area (TPSA) is 53.4 Å². The van der Waals surface area contributed by atoms with E-state index >= 15 is 0 Å². The van der Waals surface area contributed by atoms with Crippen molar-refractivity contribution < 1.29 is 14.3 Å². The lowest BCUT2D eigenvalue weighted by Crippen LogP contribution is -2.18. The number of hydrogen-bond acceptors (Lipinski definition) is 4. The largest absolute Gasteiger partial charge is 0.483 e. The van der Waals surface area contributed by atoms with E-state index in [0.29, 0.717) is 26.2 Å². The number of imidazole rings is 1. The predicted octanol–water partition coefficient (Wildman–Crippen LogP) is 5.15. The first-order valence-electron chi connectivity index (χ1n) is 10.7. The Morgan fingerprint density at radius 3 is 2.77 bits per heavy atom. The molecule has 1 aromatic heterocycles. The summed E-state index contributed by atoms with van der Waals surface area (Å²) in [6, 6.07) is 14.1. The first kappa shape index (κ1) is 20.4. The van der Waals surface area contributed by atoms with Crippen molar-refractivity contribution in [3.8, 4) is 5.75 Å². The second kappa shape index (κ2) is 9.72. The van der Waals surface area contributed by atoms with Gasteiger partial charge in [0, 0.05) is 36.5 Å². The standard InChI is InChI=1S/C25H28N2O3/c1-2-15-29-17-22-20-9-6-10-23(28)21(20)11-12-24(22)30-25(16-27-14-13-26-18-27)19-7-4-3-5-8-19/h3-5,7-8,11-14,18,25H,2,6,9-10,15-17H2,1H3/t25-/m1/s1. The van der Waals surface area contributed by atoms with Gasteiger partial charge in [-0.05, 0) is 42.5 Å². The molecule has 1 aliphatic carbocycles. The van der Waals surface area contributed by atoms with Crippen molar-refractivity contribution in [3.05, 3.63) is 83.4 Å². The van der Waals surface area contributed by atoms with Crippen LogP contribution in [-0.4, -0.2) is 21.9 Å². The van der Waals surface area contributed by atoms with Gasteiger partial charge in [0.15, 0.2) is 5.78 Å². The van der Waals surface area contributed by atoms with Crippen LogP contribution in [0.3, 0.4) is 0 Å². The van der Waals surface area contributed by atoms with Gasteiger partial charge in [0.1, 0.15) is 11.9 Å². The van der Waals surface area contributed by atoms with Gasteiger partial charge >= 0.3 is 0 Å². The minimum absolute atomic E-state index is 0.178. The molecule has 0 N–H and O–H groups in total. The lowest BCUT2D eigenvalue weighted by atomic mass is 9.87. The summed E-state index contributed by atoms with van der Waals surface area (Å²) in [7, 11) is 0. The van der Waals surface area contributed by atoms with E-state index < -0.39 is 0 Å². The first-order chi connectivity index (χ1) is 14.8. The van der Waals surface area contributed by atoms with Crippen LogP contribution in [0.5, 0.6) is 5.75 Å². The minimum Gasteiger partial charge on any atom is -0.483 e. The smallest absolute Gasteiger partial charge is 0.163 e. The number of aromatic nitrogens is 2. The van der Waals surface area contributed by atoms with Crippen LogP contribution in [0.1, 0.15) is 59.3 Å². The Kier molecular flexibility index (Phi) is 6.60. The molecule has 1 heterocycles. The van der Waals surface area contributed by atoms with Gasteiger partial charge in [-0.15, -0.1) is 0 Å². The summed E-state index contributed by atoms with van der Waals surface area (Å²) in [6.45, 7) is 3.90. The number of fused-ring (bicyclic) bond motifs is 1. The molecule has 0 spiro atoms. The van der Waals surface area contributed by atoms with Crippen molar-refractivity contribution in [1.82, 2.24) is 9.55 Å². The molecule has 0 bridgehead atoms. The van der Waals surface area contributed by atoms with Gasteiger partial charge in [-0.25, -0.2) is 4.98 Å². The molecule has 156 valence electrons. The summed E-state index contributed by atoms with van der Waals surface area (Å²) in [4.78, 5) is 16.6. The molecule has 0 fully saturated rings. The molecule has 2 aromatic carbocycles. The van der Waals surface area contributed by atoms with E-state index in [-0.39, 0.29) is 11.9 Å². The molecule has 4 rings (SSSR count). The highest BCUT2D eigenvalue weighted by molar-refractivity contribution is 5.99. The summed E-state index contributed by atoms with van der Waals surface area (Å²) < 4.78 is 14.5. The van der Waals surface area contributed by atoms with Crippen LogP contribution < -0.4 is 4.74 Å². The highest BCUT2D eigenvalue weighted by Crippen LogP contribution is 2.34. The van der Waals surface area contributed by atoms with Gasteiger partial charge in [0.05, 0.1) is 19.5 Å². The number of ether oxygens (including phenoxy) is 2. The minimum atomic E-state index is -0.178. The Hall–Kier alpha value is -2.92. The van der Waals surface area contributed by atoms with Gasteiger partial charge in [-0.3, -0.25) is 4.79 Å². The van der Waals surface area contributed by atoms with E-state index in [1.807, 2.05) is 41.1 Å². The Balaban J connectivity index is 1.68. The zero-order valence-corrected chi connectivity index (χ0v) is 17.4. The first-order valence-corrected chi connectivity index (χ1v) is 10.7. The molecule has 0 amide bonds. The van der Waals surface area contributed by atoms with Crippen molar-refractivity contribution in [2.75, 3.05) is 6.61 Å². The van der Waals surface area contributed by atoms with Crippen LogP contribution in [-0.2, 0) is 24.3 Å². The van der Waals surface area contributed by atoms with Gasteiger partial charge < -0.3 is 14.0 Å². The highest BCUT2D eigenvalue weighted by atomic mass is 16.5. The fourth-order valence-electron chi connectivity index (χ4n) is 3.98. The number of hydrogen-bond donors (Lipinski definition) is 0. The van der Waals surface area contributed by atoms with Gasteiger partial charge in [0.2, 0.25) is 0 Å². The summed E-state index contributed by atoms with van der Waals surface area (Å²) in [5.41, 5.74) is 4.03. The lowest BCUT2D eigenvalue weighted by Gasteiger charge is -2.25. The zero-order chi connectivity index (χ0) is 20.8. The number of rotatable bonds is 9. The number of carbonyl (C=O) groups excluding carboxylic acids is 1. The molecular weight excluding hydrogens is 376 g/mol. The Morgan fingerprint density at radius 1 is 1.13 bits per heavy atom. The molecule has 30 heavy (non-hydrogen) atoms. The van der Waals surface area contributed by atoms with E-state index in [0.717, 1.165) is 47.3 Å². The van der Waals surface area contributed by atoms with Crippen molar-refractivity contribution in [1.29, 1.82) is 0 Å². The Morgan fingerprint density at radius 2 is 2.00 bits per heavy atom. The molecule has 3 aromatic rings. The Bertz CT molecular complexity index is 968. The monoisotopic (exact) mass is 404 g/mol. The normalized spacial score (nSPS) is 14.4. The van der Waals surface area contributed by atoms with Crippen molar-refractivity contribution >= 4 is 5.78 Å². The van der Waals surface area contributed by atoms with E-state index in [2.05, 4.69) is 24.0 Å². The second-order valence-electron chi connectivity index (χ2n) is 7.67. The SMILES string of the molecule is CCCOCc1c(O[C@H](Cn2ccnc2)c2ccccc2)ccc2c1CCCC2=O.